The third-order valence-corrected chi connectivity index (χ3v) is 3.85. The van der Waals surface area contributed by atoms with Gasteiger partial charge in [0, 0.05) is 43.5 Å². The van der Waals surface area contributed by atoms with Crippen LogP contribution < -0.4 is 10.2 Å². The Morgan fingerprint density at radius 2 is 1.91 bits per heavy atom. The largest absolute Gasteiger partial charge is 0.354 e. The maximum atomic E-state index is 13.5. The number of nitrogens with zero attached hydrogens (tertiary/aromatic N) is 3. The molecule has 1 aliphatic rings. The summed E-state index contributed by atoms with van der Waals surface area (Å²) in [4.78, 5) is 11.5. The molecule has 1 aliphatic heterocycles. The van der Waals surface area contributed by atoms with Gasteiger partial charge in [0.2, 0.25) is 0 Å². The summed E-state index contributed by atoms with van der Waals surface area (Å²) in [7, 11) is 0. The highest BCUT2D eigenvalue weighted by atomic mass is 19.1. The summed E-state index contributed by atoms with van der Waals surface area (Å²) in [5, 5.41) is 3.34. The monoisotopic (exact) mass is 300 g/mol. The Morgan fingerprint density at radius 3 is 2.59 bits per heavy atom. The lowest BCUT2D eigenvalue weighted by molar-refractivity contribution is 0.584. The van der Waals surface area contributed by atoms with Crippen molar-refractivity contribution < 1.29 is 4.39 Å². The summed E-state index contributed by atoms with van der Waals surface area (Å²) < 4.78 is 13.5. The van der Waals surface area contributed by atoms with Gasteiger partial charge in [0.15, 0.2) is 5.82 Å². The van der Waals surface area contributed by atoms with Crippen LogP contribution in [0, 0.1) is 5.82 Å². The Hall–Kier alpha value is -2.01. The second-order valence-electron chi connectivity index (χ2n) is 5.88. The molecule has 0 amide bonds. The Balaban J connectivity index is 2.03. The fourth-order valence-corrected chi connectivity index (χ4v) is 2.56. The van der Waals surface area contributed by atoms with Crippen LogP contribution in [0.25, 0.3) is 11.4 Å². The van der Waals surface area contributed by atoms with E-state index >= 15 is 0 Å². The maximum absolute atomic E-state index is 13.5. The maximum Gasteiger partial charge on any atom is 0.161 e. The van der Waals surface area contributed by atoms with Gasteiger partial charge in [-0.05, 0) is 18.1 Å². The second-order valence-corrected chi connectivity index (χ2v) is 5.88. The van der Waals surface area contributed by atoms with E-state index in [2.05, 4.69) is 40.1 Å². The smallest absolute Gasteiger partial charge is 0.161 e. The summed E-state index contributed by atoms with van der Waals surface area (Å²) in [5.74, 6) is 1.57. The number of aromatic nitrogens is 2. The van der Waals surface area contributed by atoms with Gasteiger partial charge in [-0.15, -0.1) is 0 Å². The van der Waals surface area contributed by atoms with Crippen LogP contribution in [0.2, 0.25) is 0 Å². The van der Waals surface area contributed by atoms with E-state index in [4.69, 9.17) is 0 Å². The van der Waals surface area contributed by atoms with Crippen LogP contribution in [0.4, 0.5) is 10.2 Å². The first kappa shape index (κ1) is 14.9. The van der Waals surface area contributed by atoms with Crippen LogP contribution in [0.1, 0.15) is 25.5 Å². The third kappa shape index (κ3) is 3.25. The fraction of sp³-hybridized carbons (Fsp3) is 0.412. The van der Waals surface area contributed by atoms with E-state index in [0.29, 0.717) is 11.7 Å². The van der Waals surface area contributed by atoms with Crippen LogP contribution in [0.5, 0.6) is 0 Å². The molecule has 116 valence electrons. The lowest BCUT2D eigenvalue weighted by Gasteiger charge is -2.29. The van der Waals surface area contributed by atoms with Crippen molar-refractivity contribution >= 4 is 5.82 Å². The number of benzene rings is 1. The highest BCUT2D eigenvalue weighted by molar-refractivity contribution is 5.58. The fourth-order valence-electron chi connectivity index (χ4n) is 2.56. The Labute approximate surface area is 130 Å². The van der Waals surface area contributed by atoms with Crippen molar-refractivity contribution in [3.05, 3.63) is 41.8 Å². The lowest BCUT2D eigenvalue weighted by atomic mass is 10.1. The highest BCUT2D eigenvalue weighted by Gasteiger charge is 2.16. The molecule has 1 saturated heterocycles. The molecule has 2 heterocycles. The SMILES string of the molecule is CC(C)c1cc(N2CCNCC2)nc(-c2cccc(F)c2)n1. The summed E-state index contributed by atoms with van der Waals surface area (Å²) >= 11 is 0. The van der Waals surface area contributed by atoms with E-state index in [1.165, 1.54) is 12.1 Å². The molecule has 5 heteroatoms. The first-order valence-corrected chi connectivity index (χ1v) is 7.74. The van der Waals surface area contributed by atoms with Gasteiger partial charge in [-0.25, -0.2) is 14.4 Å². The van der Waals surface area contributed by atoms with Crippen molar-refractivity contribution in [2.45, 2.75) is 19.8 Å². The number of nitrogens with one attached hydrogen (secondary N) is 1. The Bertz CT molecular complexity index is 651. The summed E-state index contributed by atoms with van der Waals surface area (Å²) in [6.07, 6.45) is 0. The number of piperazine rings is 1. The van der Waals surface area contributed by atoms with E-state index in [0.717, 1.165) is 43.3 Å². The van der Waals surface area contributed by atoms with Crippen molar-refractivity contribution in [1.29, 1.82) is 0 Å². The molecule has 0 saturated carbocycles. The zero-order chi connectivity index (χ0) is 15.5. The third-order valence-electron chi connectivity index (χ3n) is 3.85. The number of halogens is 1. The molecule has 1 fully saturated rings. The standard InChI is InChI=1S/C17H21FN4/c1-12(2)15-11-16(22-8-6-19-7-9-22)21-17(20-15)13-4-3-5-14(18)10-13/h3-5,10-12,19H,6-9H2,1-2H3. The number of hydrogen-bond acceptors (Lipinski definition) is 4. The molecule has 0 radical (unpaired) electrons. The van der Waals surface area contributed by atoms with Gasteiger partial charge in [0.25, 0.3) is 0 Å². The van der Waals surface area contributed by atoms with Gasteiger partial charge in [-0.1, -0.05) is 26.0 Å². The minimum atomic E-state index is -0.264. The average Bonchev–Trinajstić information content (AvgIpc) is 2.55. The van der Waals surface area contributed by atoms with Crippen LogP contribution in [0.3, 0.4) is 0 Å². The zero-order valence-electron chi connectivity index (χ0n) is 13.0. The highest BCUT2D eigenvalue weighted by Crippen LogP contribution is 2.24. The van der Waals surface area contributed by atoms with Gasteiger partial charge in [0.05, 0.1) is 0 Å². The average molecular weight is 300 g/mol. The molecule has 0 atom stereocenters. The molecule has 4 nitrogen and oxygen atoms in total. The predicted octanol–water partition coefficient (Wildman–Crippen LogP) is 2.82. The Kier molecular flexibility index (Phi) is 4.34. The molecule has 0 unspecified atom stereocenters. The quantitative estimate of drug-likeness (QED) is 0.946. The predicted molar refractivity (Wildman–Crippen MR) is 86.6 cm³/mol. The molecule has 3 rings (SSSR count). The molecular formula is C17H21FN4. The number of hydrogen-bond donors (Lipinski definition) is 1. The molecule has 2 aromatic rings. The van der Waals surface area contributed by atoms with Crippen molar-refractivity contribution in [3.8, 4) is 11.4 Å². The van der Waals surface area contributed by atoms with E-state index in [1.54, 1.807) is 6.07 Å². The summed E-state index contributed by atoms with van der Waals surface area (Å²) in [6, 6.07) is 8.53. The summed E-state index contributed by atoms with van der Waals surface area (Å²) in [5.41, 5.74) is 1.71. The minimum Gasteiger partial charge on any atom is -0.354 e. The van der Waals surface area contributed by atoms with E-state index in [9.17, 15) is 4.39 Å². The van der Waals surface area contributed by atoms with Crippen LogP contribution in [-0.2, 0) is 0 Å². The van der Waals surface area contributed by atoms with E-state index < -0.39 is 0 Å². The molecular weight excluding hydrogens is 279 g/mol. The first-order valence-electron chi connectivity index (χ1n) is 7.74. The van der Waals surface area contributed by atoms with Gasteiger partial charge >= 0.3 is 0 Å². The summed E-state index contributed by atoms with van der Waals surface area (Å²) in [6.45, 7) is 7.99. The lowest BCUT2D eigenvalue weighted by Crippen LogP contribution is -2.44. The number of rotatable bonds is 3. The number of anilines is 1. The molecule has 1 aromatic heterocycles. The molecule has 1 N–H and O–H groups in total. The van der Waals surface area contributed by atoms with Crippen molar-refractivity contribution in [3.63, 3.8) is 0 Å². The van der Waals surface area contributed by atoms with E-state index in [-0.39, 0.29) is 5.82 Å². The van der Waals surface area contributed by atoms with Gasteiger partial charge in [0.1, 0.15) is 11.6 Å². The first-order chi connectivity index (χ1) is 10.6. The Morgan fingerprint density at radius 1 is 1.14 bits per heavy atom. The molecule has 0 spiro atoms. The van der Waals surface area contributed by atoms with Crippen LogP contribution >= 0.6 is 0 Å². The van der Waals surface area contributed by atoms with Crippen LogP contribution in [-0.4, -0.2) is 36.1 Å². The van der Waals surface area contributed by atoms with Gasteiger partial charge in [-0.2, -0.15) is 0 Å². The molecule has 0 aliphatic carbocycles. The second kappa shape index (κ2) is 6.40. The zero-order valence-corrected chi connectivity index (χ0v) is 13.0. The van der Waals surface area contributed by atoms with Gasteiger partial charge in [-0.3, -0.25) is 0 Å². The minimum absolute atomic E-state index is 0.264. The van der Waals surface area contributed by atoms with E-state index in [1.807, 2.05) is 6.07 Å². The molecule has 22 heavy (non-hydrogen) atoms. The topological polar surface area (TPSA) is 41.0 Å². The van der Waals surface area contributed by atoms with Gasteiger partial charge < -0.3 is 10.2 Å². The van der Waals surface area contributed by atoms with Crippen molar-refractivity contribution in [2.75, 3.05) is 31.1 Å². The van der Waals surface area contributed by atoms with Crippen molar-refractivity contribution in [1.82, 2.24) is 15.3 Å². The van der Waals surface area contributed by atoms with Crippen molar-refractivity contribution in [2.24, 2.45) is 0 Å². The molecule has 1 aromatic carbocycles. The normalized spacial score (nSPS) is 15.4. The van der Waals surface area contributed by atoms with Crippen LogP contribution in [0.15, 0.2) is 30.3 Å². The molecule has 0 bridgehead atoms.